The van der Waals surface area contributed by atoms with Crippen molar-refractivity contribution in [1.29, 1.82) is 0 Å². The summed E-state index contributed by atoms with van der Waals surface area (Å²) in [6, 6.07) is 0.359. The fraction of sp³-hybridized carbons (Fsp3) is 0.769. The molecule has 0 bridgehead atoms. The lowest BCUT2D eigenvalue weighted by atomic mass is 10.3. The molecule has 1 rings (SSSR count). The third-order valence-electron chi connectivity index (χ3n) is 2.89. The van der Waals surface area contributed by atoms with E-state index in [1.165, 1.54) is 0 Å². The van der Waals surface area contributed by atoms with Gasteiger partial charge in [0.15, 0.2) is 11.8 Å². The third kappa shape index (κ3) is 5.16. The highest BCUT2D eigenvalue weighted by molar-refractivity contribution is 5.79. The first-order valence-corrected chi connectivity index (χ1v) is 7.01. The number of aromatic nitrogens is 2. The summed E-state index contributed by atoms with van der Waals surface area (Å²) in [5.41, 5.74) is 0. The second-order valence-electron chi connectivity index (χ2n) is 4.52. The molecule has 20 heavy (non-hydrogen) atoms. The van der Waals surface area contributed by atoms with Gasteiger partial charge < -0.3 is 19.9 Å². The Kier molecular flexibility index (Phi) is 7.00. The second kappa shape index (κ2) is 8.52. The average Bonchev–Trinajstić information content (AvgIpc) is 2.92. The second-order valence-corrected chi connectivity index (χ2v) is 4.52. The van der Waals surface area contributed by atoms with E-state index in [0.717, 1.165) is 12.4 Å². The highest BCUT2D eigenvalue weighted by Crippen LogP contribution is 2.12. The van der Waals surface area contributed by atoms with Gasteiger partial charge in [0.05, 0.1) is 6.54 Å². The molecule has 7 nitrogen and oxygen atoms in total. The number of guanidine groups is 1. The van der Waals surface area contributed by atoms with Gasteiger partial charge in [-0.25, -0.2) is 0 Å². The molecule has 0 fully saturated rings. The zero-order chi connectivity index (χ0) is 15.0. The summed E-state index contributed by atoms with van der Waals surface area (Å²) < 4.78 is 10.6. The molecule has 0 aliphatic rings. The first kappa shape index (κ1) is 16.4. The first-order valence-electron chi connectivity index (χ1n) is 7.01. The van der Waals surface area contributed by atoms with Gasteiger partial charge in [0.1, 0.15) is 6.10 Å². The minimum atomic E-state index is -0.157. The van der Waals surface area contributed by atoms with E-state index in [9.17, 15) is 0 Å². The van der Waals surface area contributed by atoms with Crippen LogP contribution in [0.2, 0.25) is 0 Å². The minimum Gasteiger partial charge on any atom is -0.371 e. The molecule has 0 saturated heterocycles. The highest BCUT2D eigenvalue weighted by atomic mass is 16.5. The van der Waals surface area contributed by atoms with Crippen LogP contribution >= 0.6 is 0 Å². The molecule has 0 spiro atoms. The smallest absolute Gasteiger partial charge is 0.246 e. The van der Waals surface area contributed by atoms with E-state index < -0.39 is 0 Å². The van der Waals surface area contributed by atoms with Gasteiger partial charge in [-0.3, -0.25) is 4.99 Å². The van der Waals surface area contributed by atoms with Crippen molar-refractivity contribution in [2.75, 3.05) is 13.7 Å². The van der Waals surface area contributed by atoms with Crippen molar-refractivity contribution in [3.63, 3.8) is 0 Å². The van der Waals surface area contributed by atoms with Crippen LogP contribution in [-0.4, -0.2) is 35.8 Å². The van der Waals surface area contributed by atoms with Crippen LogP contribution in [0.3, 0.4) is 0 Å². The van der Waals surface area contributed by atoms with Crippen molar-refractivity contribution in [2.45, 2.75) is 52.8 Å². The Bertz CT molecular complexity index is 419. The van der Waals surface area contributed by atoms with Crippen molar-refractivity contribution < 1.29 is 9.26 Å². The maximum Gasteiger partial charge on any atom is 0.246 e. The van der Waals surface area contributed by atoms with E-state index in [1.807, 2.05) is 13.8 Å². The van der Waals surface area contributed by atoms with Gasteiger partial charge in [-0.15, -0.1) is 0 Å². The van der Waals surface area contributed by atoms with Crippen molar-refractivity contribution in [2.24, 2.45) is 4.99 Å². The van der Waals surface area contributed by atoms with Gasteiger partial charge in [0.25, 0.3) is 0 Å². The number of hydrogen-bond donors (Lipinski definition) is 2. The molecule has 114 valence electrons. The SMILES string of the molecule is CCOC(C)c1noc(CNC(=NC)NC(C)CC)n1. The average molecular weight is 283 g/mol. The Morgan fingerprint density at radius 3 is 2.75 bits per heavy atom. The van der Waals surface area contributed by atoms with Crippen LogP contribution in [0.1, 0.15) is 51.9 Å². The summed E-state index contributed by atoms with van der Waals surface area (Å²) >= 11 is 0. The Morgan fingerprint density at radius 1 is 1.40 bits per heavy atom. The van der Waals surface area contributed by atoms with E-state index in [4.69, 9.17) is 9.26 Å². The van der Waals surface area contributed by atoms with Gasteiger partial charge in [0.2, 0.25) is 5.89 Å². The number of nitrogens with zero attached hydrogens (tertiary/aromatic N) is 3. The van der Waals surface area contributed by atoms with Gasteiger partial charge in [-0.05, 0) is 27.2 Å². The van der Waals surface area contributed by atoms with Crippen molar-refractivity contribution >= 4 is 5.96 Å². The van der Waals surface area contributed by atoms with E-state index in [1.54, 1.807) is 7.05 Å². The summed E-state index contributed by atoms with van der Waals surface area (Å²) in [4.78, 5) is 8.43. The zero-order valence-electron chi connectivity index (χ0n) is 12.9. The van der Waals surface area contributed by atoms with E-state index >= 15 is 0 Å². The summed E-state index contributed by atoms with van der Waals surface area (Å²) in [6.45, 7) is 9.10. The monoisotopic (exact) mass is 283 g/mol. The summed E-state index contributed by atoms with van der Waals surface area (Å²) in [7, 11) is 1.73. The molecular formula is C13H25N5O2. The summed E-state index contributed by atoms with van der Waals surface area (Å²) in [5.74, 6) is 1.80. The molecule has 1 aromatic rings. The molecule has 7 heteroatoms. The lowest BCUT2D eigenvalue weighted by Crippen LogP contribution is -2.41. The number of aliphatic imine (C=N–C) groups is 1. The molecule has 0 aromatic carbocycles. The normalized spacial score (nSPS) is 14.9. The Hall–Kier alpha value is -1.63. The molecule has 0 radical (unpaired) electrons. The fourth-order valence-corrected chi connectivity index (χ4v) is 1.52. The van der Waals surface area contributed by atoms with Gasteiger partial charge in [-0.1, -0.05) is 12.1 Å². The highest BCUT2D eigenvalue weighted by Gasteiger charge is 2.14. The molecule has 1 aromatic heterocycles. The van der Waals surface area contributed by atoms with Crippen LogP contribution in [0.5, 0.6) is 0 Å². The zero-order valence-corrected chi connectivity index (χ0v) is 12.9. The molecule has 2 N–H and O–H groups in total. The first-order chi connectivity index (χ1) is 9.60. The van der Waals surface area contributed by atoms with Gasteiger partial charge >= 0.3 is 0 Å². The Morgan fingerprint density at radius 2 is 2.15 bits per heavy atom. The third-order valence-corrected chi connectivity index (χ3v) is 2.89. The standard InChI is InChI=1S/C13H25N5O2/c1-6-9(3)16-13(14-5)15-8-11-17-12(18-20-11)10(4)19-7-2/h9-10H,6-8H2,1-5H3,(H2,14,15,16). The molecule has 2 unspecified atom stereocenters. The van der Waals surface area contributed by atoms with Crippen molar-refractivity contribution in [3.8, 4) is 0 Å². The largest absolute Gasteiger partial charge is 0.371 e. The number of rotatable bonds is 7. The predicted octanol–water partition coefficient (Wildman–Crippen LogP) is 1.63. The van der Waals surface area contributed by atoms with Crippen LogP contribution in [0.4, 0.5) is 0 Å². The van der Waals surface area contributed by atoms with Gasteiger partial charge in [-0.2, -0.15) is 4.98 Å². The van der Waals surface area contributed by atoms with Crippen LogP contribution in [0.25, 0.3) is 0 Å². The Labute approximate surface area is 120 Å². The lowest BCUT2D eigenvalue weighted by molar-refractivity contribution is 0.0683. The quantitative estimate of drug-likeness (QED) is 0.584. The van der Waals surface area contributed by atoms with Crippen LogP contribution < -0.4 is 10.6 Å². The van der Waals surface area contributed by atoms with Crippen LogP contribution in [0, 0.1) is 0 Å². The fourth-order valence-electron chi connectivity index (χ4n) is 1.52. The Balaban J connectivity index is 2.49. The van der Waals surface area contributed by atoms with Crippen molar-refractivity contribution in [1.82, 2.24) is 20.8 Å². The molecule has 0 aliphatic carbocycles. The summed E-state index contributed by atoms with van der Waals surface area (Å²) in [5, 5.41) is 10.3. The van der Waals surface area contributed by atoms with E-state index in [2.05, 4.69) is 39.6 Å². The topological polar surface area (TPSA) is 84.6 Å². The van der Waals surface area contributed by atoms with Crippen molar-refractivity contribution in [3.05, 3.63) is 11.7 Å². The molecule has 1 heterocycles. The molecule has 0 amide bonds. The van der Waals surface area contributed by atoms with E-state index in [-0.39, 0.29) is 6.10 Å². The lowest BCUT2D eigenvalue weighted by Gasteiger charge is -2.15. The molecule has 0 saturated carbocycles. The molecule has 0 aliphatic heterocycles. The number of nitrogens with one attached hydrogen (secondary N) is 2. The number of ether oxygens (including phenoxy) is 1. The van der Waals surface area contributed by atoms with Gasteiger partial charge in [0, 0.05) is 19.7 Å². The van der Waals surface area contributed by atoms with Crippen LogP contribution in [-0.2, 0) is 11.3 Å². The maximum absolute atomic E-state index is 5.41. The minimum absolute atomic E-state index is 0.157. The van der Waals surface area contributed by atoms with E-state index in [0.29, 0.717) is 30.9 Å². The maximum atomic E-state index is 5.41. The predicted molar refractivity (Wildman–Crippen MR) is 77.4 cm³/mol. The summed E-state index contributed by atoms with van der Waals surface area (Å²) in [6.07, 6.45) is 0.868. The number of hydrogen-bond acceptors (Lipinski definition) is 5. The molecular weight excluding hydrogens is 258 g/mol. The van der Waals surface area contributed by atoms with Crippen LogP contribution in [0.15, 0.2) is 9.52 Å². The molecule has 2 atom stereocenters.